The minimum absolute atomic E-state index is 0.459. The fourth-order valence-electron chi connectivity index (χ4n) is 1.61. The van der Waals surface area contributed by atoms with Crippen LogP contribution in [0.15, 0.2) is 12.1 Å². The van der Waals surface area contributed by atoms with Crippen LogP contribution in [0.5, 0.6) is 0 Å². The van der Waals surface area contributed by atoms with Crippen LogP contribution in [0.1, 0.15) is 25.0 Å². The third-order valence-corrected chi connectivity index (χ3v) is 2.90. The lowest BCUT2D eigenvalue weighted by Crippen LogP contribution is -2.37. The number of nitrogens with two attached hydrogens (primary N) is 1. The summed E-state index contributed by atoms with van der Waals surface area (Å²) in [7, 11) is 2.08. The largest absolute Gasteiger partial charge is 0.355 e. The van der Waals surface area contributed by atoms with Gasteiger partial charge in [-0.05, 0) is 31.4 Å². The summed E-state index contributed by atoms with van der Waals surface area (Å²) in [5.74, 6) is 0.951. The first-order valence-corrected chi connectivity index (χ1v) is 5.07. The van der Waals surface area contributed by atoms with E-state index in [4.69, 9.17) is 5.73 Å². The molecule has 0 aromatic carbocycles. The Kier molecular flexibility index (Phi) is 2.63. The highest BCUT2D eigenvalue weighted by molar-refractivity contribution is 5.38. The van der Waals surface area contributed by atoms with Crippen LogP contribution in [0.4, 0.5) is 5.82 Å². The zero-order valence-electron chi connectivity index (χ0n) is 8.48. The molecule has 76 valence electrons. The summed E-state index contributed by atoms with van der Waals surface area (Å²) in [4.78, 5) is 2.21. The van der Waals surface area contributed by atoms with Gasteiger partial charge in [-0.3, -0.25) is 0 Å². The van der Waals surface area contributed by atoms with E-state index in [2.05, 4.69) is 22.1 Å². The van der Waals surface area contributed by atoms with Crippen molar-refractivity contribution in [3.63, 3.8) is 0 Å². The summed E-state index contributed by atoms with van der Waals surface area (Å²) in [6.07, 6.45) is 3.89. The molecule has 0 unspecified atom stereocenters. The highest BCUT2D eigenvalue weighted by Crippen LogP contribution is 2.26. The molecule has 1 aromatic heterocycles. The molecule has 0 spiro atoms. The quantitative estimate of drug-likeness (QED) is 0.774. The lowest BCUT2D eigenvalue weighted by atomic mass is 9.92. The van der Waals surface area contributed by atoms with Gasteiger partial charge in [0.2, 0.25) is 0 Å². The lowest BCUT2D eigenvalue weighted by Gasteiger charge is -2.35. The molecule has 4 heteroatoms. The van der Waals surface area contributed by atoms with Gasteiger partial charge in [0.25, 0.3) is 0 Å². The Balaban J connectivity index is 2.07. The van der Waals surface area contributed by atoms with Crippen molar-refractivity contribution in [3.05, 3.63) is 17.8 Å². The molecule has 1 aliphatic rings. The van der Waals surface area contributed by atoms with Crippen molar-refractivity contribution in [1.29, 1.82) is 0 Å². The van der Waals surface area contributed by atoms with E-state index in [9.17, 15) is 0 Å². The summed E-state index contributed by atoms with van der Waals surface area (Å²) in [5.41, 5.74) is 6.30. The number of anilines is 1. The van der Waals surface area contributed by atoms with Crippen molar-refractivity contribution in [2.75, 3.05) is 11.9 Å². The zero-order chi connectivity index (χ0) is 9.97. The second-order valence-corrected chi connectivity index (χ2v) is 3.78. The molecule has 1 aliphatic carbocycles. The van der Waals surface area contributed by atoms with Gasteiger partial charge >= 0.3 is 0 Å². The maximum Gasteiger partial charge on any atom is 0.151 e. The van der Waals surface area contributed by atoms with Crippen LogP contribution in [0.3, 0.4) is 0 Å². The van der Waals surface area contributed by atoms with E-state index in [1.165, 1.54) is 19.3 Å². The normalized spacial score (nSPS) is 16.4. The van der Waals surface area contributed by atoms with Gasteiger partial charge in [-0.1, -0.05) is 0 Å². The predicted molar refractivity (Wildman–Crippen MR) is 56.0 cm³/mol. The summed E-state index contributed by atoms with van der Waals surface area (Å²) in [6.45, 7) is 0.459. The summed E-state index contributed by atoms with van der Waals surface area (Å²) in [6, 6.07) is 4.60. The fraction of sp³-hybridized carbons (Fsp3) is 0.600. The van der Waals surface area contributed by atoms with Crippen molar-refractivity contribution < 1.29 is 0 Å². The summed E-state index contributed by atoms with van der Waals surface area (Å²) >= 11 is 0. The van der Waals surface area contributed by atoms with Gasteiger partial charge in [0.15, 0.2) is 5.82 Å². The maximum absolute atomic E-state index is 5.46. The Labute approximate surface area is 84.1 Å². The smallest absolute Gasteiger partial charge is 0.151 e. The SMILES string of the molecule is CN(c1ccc(CN)nn1)C1CCC1. The van der Waals surface area contributed by atoms with E-state index >= 15 is 0 Å². The van der Waals surface area contributed by atoms with Crippen LogP contribution >= 0.6 is 0 Å². The highest BCUT2D eigenvalue weighted by atomic mass is 15.3. The molecule has 0 aliphatic heterocycles. The molecule has 1 aromatic rings. The van der Waals surface area contributed by atoms with Gasteiger partial charge in [0, 0.05) is 19.6 Å². The molecule has 2 N–H and O–H groups in total. The second kappa shape index (κ2) is 3.92. The minimum atomic E-state index is 0.459. The number of hydrogen-bond acceptors (Lipinski definition) is 4. The molecule has 0 saturated heterocycles. The monoisotopic (exact) mass is 192 g/mol. The average Bonchev–Trinajstić information content (AvgIpc) is 2.15. The van der Waals surface area contributed by atoms with Crippen LogP contribution in [0.25, 0.3) is 0 Å². The van der Waals surface area contributed by atoms with Gasteiger partial charge < -0.3 is 10.6 Å². The first-order chi connectivity index (χ1) is 6.81. The third kappa shape index (κ3) is 1.70. The second-order valence-electron chi connectivity index (χ2n) is 3.78. The van der Waals surface area contributed by atoms with Gasteiger partial charge in [-0.25, -0.2) is 0 Å². The lowest BCUT2D eigenvalue weighted by molar-refractivity contribution is 0.398. The Morgan fingerprint density at radius 3 is 2.64 bits per heavy atom. The van der Waals surface area contributed by atoms with E-state index in [1.54, 1.807) is 0 Å². The average molecular weight is 192 g/mol. The van der Waals surface area contributed by atoms with Crippen molar-refractivity contribution >= 4 is 5.82 Å². The van der Waals surface area contributed by atoms with Crippen LogP contribution in [-0.2, 0) is 6.54 Å². The molecular formula is C10H16N4. The molecule has 1 fully saturated rings. The van der Waals surface area contributed by atoms with E-state index < -0.39 is 0 Å². The van der Waals surface area contributed by atoms with E-state index in [-0.39, 0.29) is 0 Å². The zero-order valence-corrected chi connectivity index (χ0v) is 8.48. The molecule has 4 nitrogen and oxygen atoms in total. The first kappa shape index (κ1) is 9.40. The number of aromatic nitrogens is 2. The number of nitrogens with zero attached hydrogens (tertiary/aromatic N) is 3. The van der Waals surface area contributed by atoms with Crippen molar-refractivity contribution in [3.8, 4) is 0 Å². The molecule has 2 rings (SSSR count). The Morgan fingerprint density at radius 1 is 1.43 bits per heavy atom. The maximum atomic E-state index is 5.46. The predicted octanol–water partition coefficient (Wildman–Crippen LogP) is 0.924. The van der Waals surface area contributed by atoms with Gasteiger partial charge in [-0.2, -0.15) is 5.10 Å². The highest BCUT2D eigenvalue weighted by Gasteiger charge is 2.22. The van der Waals surface area contributed by atoms with Crippen LogP contribution in [0, 0.1) is 0 Å². The van der Waals surface area contributed by atoms with Gasteiger partial charge in [-0.15, -0.1) is 5.10 Å². The van der Waals surface area contributed by atoms with Crippen molar-refractivity contribution in [2.24, 2.45) is 5.73 Å². The standard InChI is InChI=1S/C10H16N4/c1-14(9-3-2-4-9)10-6-5-8(7-11)12-13-10/h5-6,9H,2-4,7,11H2,1H3. The summed E-state index contributed by atoms with van der Waals surface area (Å²) < 4.78 is 0. The Bertz CT molecular complexity index is 291. The Morgan fingerprint density at radius 2 is 2.21 bits per heavy atom. The molecular weight excluding hydrogens is 176 g/mol. The third-order valence-electron chi connectivity index (χ3n) is 2.90. The fourth-order valence-corrected chi connectivity index (χ4v) is 1.61. The molecule has 1 saturated carbocycles. The van der Waals surface area contributed by atoms with E-state index in [1.807, 2.05) is 12.1 Å². The number of rotatable bonds is 3. The summed E-state index contributed by atoms with van der Waals surface area (Å²) in [5, 5.41) is 8.19. The minimum Gasteiger partial charge on any atom is -0.355 e. The topological polar surface area (TPSA) is 55.0 Å². The molecule has 0 bridgehead atoms. The molecule has 1 heterocycles. The molecule has 0 amide bonds. The molecule has 0 atom stereocenters. The van der Waals surface area contributed by atoms with Crippen molar-refractivity contribution in [1.82, 2.24) is 10.2 Å². The van der Waals surface area contributed by atoms with Crippen molar-refractivity contribution in [2.45, 2.75) is 31.8 Å². The van der Waals surface area contributed by atoms with E-state index in [0.717, 1.165) is 11.5 Å². The Hall–Kier alpha value is -1.16. The molecule has 0 radical (unpaired) electrons. The van der Waals surface area contributed by atoms with Gasteiger partial charge in [0.05, 0.1) is 5.69 Å². The van der Waals surface area contributed by atoms with Crippen LogP contribution < -0.4 is 10.6 Å². The molecule has 14 heavy (non-hydrogen) atoms. The first-order valence-electron chi connectivity index (χ1n) is 5.07. The number of hydrogen-bond donors (Lipinski definition) is 1. The van der Waals surface area contributed by atoms with Crippen LogP contribution in [0.2, 0.25) is 0 Å². The van der Waals surface area contributed by atoms with E-state index in [0.29, 0.717) is 12.6 Å². The van der Waals surface area contributed by atoms with Gasteiger partial charge in [0.1, 0.15) is 0 Å². The van der Waals surface area contributed by atoms with Crippen LogP contribution in [-0.4, -0.2) is 23.3 Å².